The summed E-state index contributed by atoms with van der Waals surface area (Å²) in [5.74, 6) is 0.236. The van der Waals surface area contributed by atoms with E-state index >= 15 is 0 Å². The minimum Gasteiger partial charge on any atom is -0.497 e. The van der Waals surface area contributed by atoms with Crippen LogP contribution in [0.1, 0.15) is 22.5 Å². The number of nitrogens with zero attached hydrogens (tertiary/aromatic N) is 2. The van der Waals surface area contributed by atoms with Crippen molar-refractivity contribution in [1.82, 2.24) is 14.8 Å². The van der Waals surface area contributed by atoms with Crippen LogP contribution in [0.2, 0.25) is 0 Å². The fraction of sp³-hybridized carbons (Fsp3) is 0.273. The van der Waals surface area contributed by atoms with Crippen molar-refractivity contribution in [2.75, 3.05) is 26.7 Å². The molecular formula is C22H22FN3O3. The summed E-state index contributed by atoms with van der Waals surface area (Å²) in [5, 5.41) is 0.652. The zero-order valence-corrected chi connectivity index (χ0v) is 16.2. The van der Waals surface area contributed by atoms with Crippen LogP contribution in [0.5, 0.6) is 5.75 Å². The molecule has 29 heavy (non-hydrogen) atoms. The molecule has 1 aromatic heterocycles. The summed E-state index contributed by atoms with van der Waals surface area (Å²) in [6.45, 7) is 1.73. The monoisotopic (exact) mass is 395 g/mol. The number of methoxy groups -OCH3 is 1. The molecule has 7 heteroatoms. The number of carbonyl (C=O) groups is 2. The predicted molar refractivity (Wildman–Crippen MR) is 107 cm³/mol. The van der Waals surface area contributed by atoms with Gasteiger partial charge in [0.1, 0.15) is 17.3 Å². The summed E-state index contributed by atoms with van der Waals surface area (Å²) in [7, 11) is 1.61. The van der Waals surface area contributed by atoms with E-state index in [1.165, 1.54) is 12.1 Å². The average molecular weight is 395 g/mol. The van der Waals surface area contributed by atoms with Crippen LogP contribution in [0.4, 0.5) is 4.39 Å². The maximum atomic E-state index is 13.4. The number of H-pyrrole nitrogens is 1. The number of rotatable bonds is 4. The van der Waals surface area contributed by atoms with Gasteiger partial charge in [-0.2, -0.15) is 0 Å². The highest BCUT2D eigenvalue weighted by Gasteiger charge is 2.25. The molecule has 0 atom stereocenters. The number of nitrogens with one attached hydrogen (secondary N) is 1. The van der Waals surface area contributed by atoms with Crippen LogP contribution < -0.4 is 4.74 Å². The Morgan fingerprint density at radius 3 is 2.83 bits per heavy atom. The maximum Gasteiger partial charge on any atom is 0.270 e. The van der Waals surface area contributed by atoms with E-state index in [1.54, 1.807) is 29.0 Å². The van der Waals surface area contributed by atoms with Crippen LogP contribution in [0.15, 0.2) is 48.5 Å². The first-order valence-electron chi connectivity index (χ1n) is 9.52. The Morgan fingerprint density at radius 2 is 2.00 bits per heavy atom. The van der Waals surface area contributed by atoms with Gasteiger partial charge in [0.2, 0.25) is 5.91 Å². The molecule has 6 nitrogen and oxygen atoms in total. The van der Waals surface area contributed by atoms with Gasteiger partial charge in [-0.1, -0.05) is 12.1 Å². The lowest BCUT2D eigenvalue weighted by Crippen LogP contribution is -2.35. The lowest BCUT2D eigenvalue weighted by molar-refractivity contribution is -0.130. The highest BCUT2D eigenvalue weighted by Crippen LogP contribution is 2.20. The number of carbonyl (C=O) groups excluding carboxylic acids is 2. The first kappa shape index (κ1) is 19.0. The van der Waals surface area contributed by atoms with E-state index in [1.807, 2.05) is 24.3 Å². The number of hydrogen-bond donors (Lipinski definition) is 1. The summed E-state index contributed by atoms with van der Waals surface area (Å²) in [6, 6.07) is 13.6. The molecule has 0 spiro atoms. The van der Waals surface area contributed by atoms with E-state index in [2.05, 4.69) is 4.98 Å². The van der Waals surface area contributed by atoms with Gasteiger partial charge in [0.05, 0.1) is 7.11 Å². The molecule has 3 aromatic rings. The van der Waals surface area contributed by atoms with Crippen molar-refractivity contribution in [2.45, 2.75) is 13.0 Å². The highest BCUT2D eigenvalue weighted by atomic mass is 19.1. The standard InChI is InChI=1S/C22H22FN3O3/c1-29-18-4-2-3-15(11-18)14-26-10-9-25(8-7-21(26)27)22(28)20-13-16-12-17(23)5-6-19(16)24-20/h2-6,11-13,24H,7-10,14H2,1H3. The largest absolute Gasteiger partial charge is 0.497 e. The van der Waals surface area contributed by atoms with Gasteiger partial charge in [0.25, 0.3) is 5.91 Å². The van der Waals surface area contributed by atoms with E-state index < -0.39 is 0 Å². The maximum absolute atomic E-state index is 13.4. The Bertz CT molecular complexity index is 1060. The van der Waals surface area contributed by atoms with Crippen LogP contribution in [0.25, 0.3) is 10.9 Å². The third-order valence-electron chi connectivity index (χ3n) is 5.20. The molecular weight excluding hydrogens is 373 g/mol. The van der Waals surface area contributed by atoms with Gasteiger partial charge < -0.3 is 19.5 Å². The fourth-order valence-electron chi connectivity index (χ4n) is 3.62. The molecule has 0 bridgehead atoms. The minimum atomic E-state index is -0.343. The molecule has 0 saturated carbocycles. The first-order chi connectivity index (χ1) is 14.0. The van der Waals surface area contributed by atoms with Crippen molar-refractivity contribution in [2.24, 2.45) is 0 Å². The molecule has 1 aliphatic heterocycles. The summed E-state index contributed by atoms with van der Waals surface area (Å²) in [4.78, 5) is 32.0. The number of aromatic amines is 1. The van der Waals surface area contributed by atoms with Gasteiger partial charge >= 0.3 is 0 Å². The third-order valence-corrected chi connectivity index (χ3v) is 5.20. The number of fused-ring (bicyclic) bond motifs is 1. The Morgan fingerprint density at radius 1 is 1.14 bits per heavy atom. The zero-order chi connectivity index (χ0) is 20.4. The van der Waals surface area contributed by atoms with Gasteiger partial charge in [0, 0.05) is 43.5 Å². The summed E-state index contributed by atoms with van der Waals surface area (Å²) in [5.41, 5.74) is 2.09. The van der Waals surface area contributed by atoms with E-state index in [9.17, 15) is 14.0 Å². The first-order valence-corrected chi connectivity index (χ1v) is 9.52. The average Bonchev–Trinajstić information content (AvgIpc) is 3.06. The van der Waals surface area contributed by atoms with Crippen LogP contribution in [-0.2, 0) is 11.3 Å². The second-order valence-corrected chi connectivity index (χ2v) is 7.12. The van der Waals surface area contributed by atoms with Gasteiger partial charge in [-0.25, -0.2) is 4.39 Å². The molecule has 1 saturated heterocycles. The second kappa shape index (κ2) is 7.95. The number of aromatic nitrogens is 1. The van der Waals surface area contributed by atoms with Crippen LogP contribution in [0.3, 0.4) is 0 Å². The lowest BCUT2D eigenvalue weighted by atomic mass is 10.2. The molecule has 0 unspecified atom stereocenters. The van der Waals surface area contributed by atoms with Crippen molar-refractivity contribution in [3.63, 3.8) is 0 Å². The molecule has 1 N–H and O–H groups in total. The number of ether oxygens (including phenoxy) is 1. The normalized spacial score (nSPS) is 14.9. The van der Waals surface area contributed by atoms with Gasteiger partial charge in [-0.05, 0) is 42.0 Å². The Labute approximate surface area is 167 Å². The topological polar surface area (TPSA) is 65.6 Å². The third kappa shape index (κ3) is 4.08. The van der Waals surface area contributed by atoms with E-state index in [0.717, 1.165) is 11.3 Å². The lowest BCUT2D eigenvalue weighted by Gasteiger charge is -2.22. The number of amides is 2. The molecule has 150 valence electrons. The minimum absolute atomic E-state index is 0.0156. The Kier molecular flexibility index (Phi) is 5.20. The molecule has 4 rings (SSSR count). The van der Waals surface area contributed by atoms with Crippen molar-refractivity contribution in [1.29, 1.82) is 0 Å². The van der Waals surface area contributed by atoms with Gasteiger partial charge in [-0.3, -0.25) is 9.59 Å². The smallest absolute Gasteiger partial charge is 0.270 e. The van der Waals surface area contributed by atoms with E-state index in [-0.39, 0.29) is 24.1 Å². The predicted octanol–water partition coefficient (Wildman–Crippen LogP) is 3.19. The zero-order valence-electron chi connectivity index (χ0n) is 16.2. The molecule has 0 radical (unpaired) electrons. The van der Waals surface area contributed by atoms with Crippen molar-refractivity contribution < 1.29 is 18.7 Å². The van der Waals surface area contributed by atoms with E-state index in [0.29, 0.717) is 42.8 Å². The Balaban J connectivity index is 1.46. The second-order valence-electron chi connectivity index (χ2n) is 7.12. The van der Waals surface area contributed by atoms with Crippen LogP contribution in [0, 0.1) is 5.82 Å². The van der Waals surface area contributed by atoms with Crippen molar-refractivity contribution >= 4 is 22.7 Å². The summed E-state index contributed by atoms with van der Waals surface area (Å²) < 4.78 is 18.7. The molecule has 2 heterocycles. The van der Waals surface area contributed by atoms with E-state index in [4.69, 9.17) is 4.74 Å². The molecule has 2 aromatic carbocycles. The number of halogens is 1. The van der Waals surface area contributed by atoms with Crippen molar-refractivity contribution in [3.05, 3.63) is 65.6 Å². The Hall–Kier alpha value is -3.35. The highest BCUT2D eigenvalue weighted by molar-refractivity contribution is 5.98. The van der Waals surface area contributed by atoms with Crippen molar-refractivity contribution in [3.8, 4) is 5.75 Å². The van der Waals surface area contributed by atoms with Crippen LogP contribution >= 0.6 is 0 Å². The summed E-state index contributed by atoms with van der Waals surface area (Å²) >= 11 is 0. The van der Waals surface area contributed by atoms with Gasteiger partial charge in [-0.15, -0.1) is 0 Å². The molecule has 0 aliphatic carbocycles. The molecule has 1 aliphatic rings. The SMILES string of the molecule is COc1cccc(CN2CCN(C(=O)c3cc4cc(F)ccc4[nH]3)CCC2=O)c1. The quantitative estimate of drug-likeness (QED) is 0.738. The summed E-state index contributed by atoms with van der Waals surface area (Å²) in [6.07, 6.45) is 0.268. The van der Waals surface area contributed by atoms with Crippen LogP contribution in [-0.4, -0.2) is 53.3 Å². The number of hydrogen-bond acceptors (Lipinski definition) is 3. The molecule has 2 amide bonds. The fourth-order valence-corrected chi connectivity index (χ4v) is 3.62. The number of benzene rings is 2. The van der Waals surface area contributed by atoms with Gasteiger partial charge in [0.15, 0.2) is 0 Å². The molecule has 1 fully saturated rings.